The van der Waals surface area contributed by atoms with Gasteiger partial charge in [0.15, 0.2) is 9.84 Å². The Morgan fingerprint density at radius 1 is 1.40 bits per heavy atom. The van der Waals surface area contributed by atoms with Crippen LogP contribution >= 0.6 is 0 Å². The van der Waals surface area contributed by atoms with E-state index in [1.54, 1.807) is 0 Å². The normalized spacial score (nSPS) is 11.3. The maximum atomic E-state index is 10.8. The minimum Gasteiger partial charge on any atom is -0.302 e. The molecule has 0 spiro atoms. The molecule has 0 rings (SSSR count). The summed E-state index contributed by atoms with van der Waals surface area (Å²) in [6.45, 7) is 1.91. The monoisotopic (exact) mass is 164 g/mol. The van der Waals surface area contributed by atoms with Crippen LogP contribution in [-0.2, 0) is 14.6 Å². The fraction of sp³-hybridized carbons (Fsp3) is 0.833. The van der Waals surface area contributed by atoms with Gasteiger partial charge in [0.1, 0.15) is 12.0 Å². The molecule has 60 valence electrons. The van der Waals surface area contributed by atoms with E-state index in [0.717, 1.165) is 6.42 Å². The van der Waals surface area contributed by atoms with Gasteiger partial charge in [-0.15, -0.1) is 0 Å². The fourth-order valence-corrected chi connectivity index (χ4v) is 1.65. The molecule has 4 heteroatoms. The highest BCUT2D eigenvalue weighted by atomic mass is 32.2. The summed E-state index contributed by atoms with van der Waals surface area (Å²) in [5.41, 5.74) is 0. The maximum absolute atomic E-state index is 10.8. The van der Waals surface area contributed by atoms with Crippen molar-refractivity contribution in [2.75, 3.05) is 11.5 Å². The molecular weight excluding hydrogens is 152 g/mol. The van der Waals surface area contributed by atoms with Gasteiger partial charge in [-0.2, -0.15) is 0 Å². The topological polar surface area (TPSA) is 51.2 Å². The van der Waals surface area contributed by atoms with Crippen molar-refractivity contribution in [1.29, 1.82) is 0 Å². The smallest absolute Gasteiger partial charge is 0.157 e. The van der Waals surface area contributed by atoms with Gasteiger partial charge in [0.05, 0.1) is 5.75 Å². The zero-order chi connectivity index (χ0) is 8.04. The molecule has 0 radical (unpaired) electrons. The predicted molar refractivity (Wildman–Crippen MR) is 39.6 cm³/mol. The first-order valence-corrected chi connectivity index (χ1v) is 5.08. The maximum Gasteiger partial charge on any atom is 0.157 e. The van der Waals surface area contributed by atoms with Crippen LogP contribution in [0.3, 0.4) is 0 Å². The van der Waals surface area contributed by atoms with Crippen LogP contribution in [0.5, 0.6) is 0 Å². The van der Waals surface area contributed by atoms with Crippen molar-refractivity contribution in [3.63, 3.8) is 0 Å². The number of hydrogen-bond donors (Lipinski definition) is 0. The molecule has 0 bridgehead atoms. The van der Waals surface area contributed by atoms with Gasteiger partial charge in [0.2, 0.25) is 0 Å². The third-order valence-electron chi connectivity index (χ3n) is 1.13. The summed E-state index contributed by atoms with van der Waals surface area (Å²) in [6, 6.07) is 0. The van der Waals surface area contributed by atoms with Gasteiger partial charge in [-0.3, -0.25) is 0 Å². The van der Waals surface area contributed by atoms with Crippen LogP contribution in [-0.4, -0.2) is 26.2 Å². The lowest BCUT2D eigenvalue weighted by Gasteiger charge is -1.95. The van der Waals surface area contributed by atoms with Crippen LogP contribution in [0, 0.1) is 0 Å². The van der Waals surface area contributed by atoms with Gasteiger partial charge in [0, 0.05) is 0 Å². The van der Waals surface area contributed by atoms with Gasteiger partial charge < -0.3 is 4.79 Å². The molecule has 0 N–H and O–H groups in total. The molecular formula is C6H12O3S. The van der Waals surface area contributed by atoms with Crippen LogP contribution in [0.2, 0.25) is 0 Å². The molecule has 10 heavy (non-hydrogen) atoms. The third-order valence-corrected chi connectivity index (χ3v) is 2.69. The molecule has 0 atom stereocenters. The Bertz CT molecular complexity index is 181. The SMILES string of the molecule is CCCCS(=O)(=O)CC=O. The lowest BCUT2D eigenvalue weighted by atomic mass is 10.4. The number of aldehydes is 1. The van der Waals surface area contributed by atoms with E-state index in [1.165, 1.54) is 0 Å². The largest absolute Gasteiger partial charge is 0.302 e. The van der Waals surface area contributed by atoms with Crippen molar-refractivity contribution in [2.45, 2.75) is 19.8 Å². The molecule has 0 amide bonds. The summed E-state index contributed by atoms with van der Waals surface area (Å²) < 4.78 is 21.5. The van der Waals surface area contributed by atoms with Crippen LogP contribution in [0.15, 0.2) is 0 Å². The summed E-state index contributed by atoms with van der Waals surface area (Å²) in [6.07, 6.45) is 1.93. The van der Waals surface area contributed by atoms with Crippen molar-refractivity contribution in [3.8, 4) is 0 Å². The predicted octanol–water partition coefficient (Wildman–Crippen LogP) is 0.400. The van der Waals surface area contributed by atoms with Gasteiger partial charge in [-0.05, 0) is 6.42 Å². The third kappa shape index (κ3) is 4.49. The van der Waals surface area contributed by atoms with E-state index in [0.29, 0.717) is 12.7 Å². The molecule has 0 aromatic heterocycles. The van der Waals surface area contributed by atoms with Gasteiger partial charge >= 0.3 is 0 Å². The van der Waals surface area contributed by atoms with E-state index in [-0.39, 0.29) is 11.5 Å². The summed E-state index contributed by atoms with van der Waals surface area (Å²) in [5.74, 6) is -0.185. The van der Waals surface area contributed by atoms with Crippen LogP contribution in [0.25, 0.3) is 0 Å². The Balaban J connectivity index is 3.76. The first-order valence-electron chi connectivity index (χ1n) is 3.26. The molecule has 0 aliphatic heterocycles. The number of unbranched alkanes of at least 4 members (excludes halogenated alkanes) is 1. The molecule has 0 heterocycles. The average molecular weight is 164 g/mol. The number of carbonyl (C=O) groups excluding carboxylic acids is 1. The summed E-state index contributed by atoms with van der Waals surface area (Å²) in [5, 5.41) is 0. The minimum atomic E-state index is -3.06. The molecule has 0 fully saturated rings. The second kappa shape index (κ2) is 4.44. The van der Waals surface area contributed by atoms with Crippen LogP contribution in [0.1, 0.15) is 19.8 Å². The van der Waals surface area contributed by atoms with E-state index in [4.69, 9.17) is 0 Å². The molecule has 0 saturated heterocycles. The number of hydrogen-bond acceptors (Lipinski definition) is 3. The molecule has 0 aliphatic carbocycles. The summed E-state index contributed by atoms with van der Waals surface area (Å²) in [4.78, 5) is 9.80. The van der Waals surface area contributed by atoms with E-state index < -0.39 is 9.84 Å². The fourth-order valence-electron chi connectivity index (χ4n) is 0.551. The zero-order valence-electron chi connectivity index (χ0n) is 6.04. The van der Waals surface area contributed by atoms with Gasteiger partial charge in [-0.25, -0.2) is 8.42 Å². The van der Waals surface area contributed by atoms with Crippen molar-refractivity contribution >= 4 is 16.1 Å². The second-order valence-electron chi connectivity index (χ2n) is 2.13. The molecule has 0 unspecified atom stereocenters. The molecule has 3 nitrogen and oxygen atoms in total. The van der Waals surface area contributed by atoms with Crippen molar-refractivity contribution in [2.24, 2.45) is 0 Å². The van der Waals surface area contributed by atoms with E-state index in [2.05, 4.69) is 0 Å². The van der Waals surface area contributed by atoms with Crippen molar-refractivity contribution in [3.05, 3.63) is 0 Å². The highest BCUT2D eigenvalue weighted by Crippen LogP contribution is 1.94. The van der Waals surface area contributed by atoms with Crippen LogP contribution in [0.4, 0.5) is 0 Å². The minimum absolute atomic E-state index is 0.141. The van der Waals surface area contributed by atoms with Crippen molar-refractivity contribution < 1.29 is 13.2 Å². The standard InChI is InChI=1S/C6H12O3S/c1-2-3-5-10(8,9)6-4-7/h4H,2-3,5-6H2,1H3. The summed E-state index contributed by atoms with van der Waals surface area (Å²) >= 11 is 0. The molecule has 0 aromatic carbocycles. The Morgan fingerprint density at radius 2 is 2.00 bits per heavy atom. The number of carbonyl (C=O) groups is 1. The van der Waals surface area contributed by atoms with E-state index >= 15 is 0 Å². The van der Waals surface area contributed by atoms with E-state index in [9.17, 15) is 13.2 Å². The van der Waals surface area contributed by atoms with Crippen LogP contribution < -0.4 is 0 Å². The molecule has 0 aromatic rings. The lowest BCUT2D eigenvalue weighted by Crippen LogP contribution is -2.11. The van der Waals surface area contributed by atoms with Gasteiger partial charge in [0.25, 0.3) is 0 Å². The summed E-state index contributed by atoms with van der Waals surface area (Å²) in [7, 11) is -3.06. The zero-order valence-corrected chi connectivity index (χ0v) is 6.86. The highest BCUT2D eigenvalue weighted by molar-refractivity contribution is 7.91. The first-order chi connectivity index (χ1) is 4.62. The first kappa shape index (κ1) is 9.62. The molecule has 0 aliphatic rings. The Labute approximate surface area is 61.4 Å². The van der Waals surface area contributed by atoms with Crippen molar-refractivity contribution in [1.82, 2.24) is 0 Å². The lowest BCUT2D eigenvalue weighted by molar-refractivity contribution is -0.105. The second-order valence-corrected chi connectivity index (χ2v) is 4.36. The Kier molecular flexibility index (Phi) is 4.27. The Hall–Kier alpha value is -0.380. The van der Waals surface area contributed by atoms with Gasteiger partial charge in [-0.1, -0.05) is 13.3 Å². The highest BCUT2D eigenvalue weighted by Gasteiger charge is 2.07. The quantitative estimate of drug-likeness (QED) is 0.553. The number of sulfone groups is 1. The average Bonchev–Trinajstić information content (AvgIpc) is 1.84. The number of rotatable bonds is 5. The molecule has 0 saturated carbocycles. The Morgan fingerprint density at radius 3 is 2.40 bits per heavy atom. The van der Waals surface area contributed by atoms with E-state index in [1.807, 2.05) is 6.92 Å².